The molecular weight excluding hydrogens is 473 g/mol. The number of benzene rings is 3. The van der Waals surface area contributed by atoms with Crippen molar-refractivity contribution >= 4 is 17.7 Å². The van der Waals surface area contributed by atoms with Crippen molar-refractivity contribution in [1.82, 2.24) is 25.1 Å². The number of aromatic nitrogens is 4. The maximum atomic E-state index is 13.5. The molecule has 0 saturated heterocycles. The lowest BCUT2D eigenvalue weighted by Gasteiger charge is -2.19. The summed E-state index contributed by atoms with van der Waals surface area (Å²) in [6, 6.07) is 29.1. The lowest BCUT2D eigenvalue weighted by atomic mass is 10.00. The molecule has 6 nitrogen and oxygen atoms in total. The quantitative estimate of drug-likeness (QED) is 0.289. The number of halogens is 1. The average molecular weight is 496 g/mol. The Morgan fingerprint density at radius 2 is 1.47 bits per heavy atom. The number of nitrogens with zero attached hydrogens (tertiary/aromatic N) is 4. The Balaban J connectivity index is 1.39. The number of thioether (sulfide) groups is 1. The molecule has 8 heteroatoms. The molecule has 0 fully saturated rings. The molecule has 178 valence electrons. The Hall–Kier alpha value is -4.30. The van der Waals surface area contributed by atoms with E-state index in [1.807, 2.05) is 77.4 Å². The predicted octanol–water partition coefficient (Wildman–Crippen LogP) is 5.47. The lowest BCUT2D eigenvalue weighted by molar-refractivity contribution is -0.119. The van der Waals surface area contributed by atoms with Gasteiger partial charge in [0.2, 0.25) is 5.91 Å². The van der Waals surface area contributed by atoms with Gasteiger partial charge in [-0.05, 0) is 59.7 Å². The Labute approximate surface area is 212 Å². The normalized spacial score (nSPS) is 11.7. The minimum Gasteiger partial charge on any atom is -0.344 e. The van der Waals surface area contributed by atoms with Crippen molar-refractivity contribution in [3.8, 4) is 17.1 Å². The Bertz CT molecular complexity index is 1390. The second-order valence-electron chi connectivity index (χ2n) is 7.96. The summed E-state index contributed by atoms with van der Waals surface area (Å²) in [5.74, 6) is 0.251. The van der Waals surface area contributed by atoms with Gasteiger partial charge in [0.1, 0.15) is 5.82 Å². The fourth-order valence-electron chi connectivity index (χ4n) is 3.85. The van der Waals surface area contributed by atoms with E-state index in [0.29, 0.717) is 11.0 Å². The molecule has 0 aliphatic heterocycles. The van der Waals surface area contributed by atoms with Crippen LogP contribution in [0.1, 0.15) is 17.2 Å². The van der Waals surface area contributed by atoms with Crippen LogP contribution in [0.2, 0.25) is 0 Å². The van der Waals surface area contributed by atoms with Gasteiger partial charge in [0.15, 0.2) is 11.0 Å². The van der Waals surface area contributed by atoms with Gasteiger partial charge in [-0.3, -0.25) is 14.3 Å². The van der Waals surface area contributed by atoms with E-state index in [1.54, 1.807) is 24.5 Å². The SMILES string of the molecule is O=C(CSc1nnc(-c2ccc(F)cc2)n1-c1ccccc1)NC(c1ccccc1)c1ccncc1. The molecule has 0 aliphatic rings. The van der Waals surface area contributed by atoms with Gasteiger partial charge in [0.05, 0.1) is 11.8 Å². The fourth-order valence-corrected chi connectivity index (χ4v) is 4.62. The first-order valence-corrected chi connectivity index (χ1v) is 12.3. The first-order valence-electron chi connectivity index (χ1n) is 11.3. The summed E-state index contributed by atoms with van der Waals surface area (Å²) in [7, 11) is 0. The van der Waals surface area contributed by atoms with Crippen LogP contribution in [0.15, 0.2) is 115 Å². The van der Waals surface area contributed by atoms with Gasteiger partial charge in [0, 0.05) is 23.6 Å². The second kappa shape index (κ2) is 11.0. The Morgan fingerprint density at radius 1 is 0.833 bits per heavy atom. The van der Waals surface area contributed by atoms with Gasteiger partial charge in [0.25, 0.3) is 0 Å². The molecule has 36 heavy (non-hydrogen) atoms. The highest BCUT2D eigenvalue weighted by Gasteiger charge is 2.20. The van der Waals surface area contributed by atoms with Crippen LogP contribution in [0.3, 0.4) is 0 Å². The number of pyridine rings is 1. The molecule has 0 saturated carbocycles. The first kappa shape index (κ1) is 23.4. The van der Waals surface area contributed by atoms with E-state index < -0.39 is 0 Å². The highest BCUT2D eigenvalue weighted by molar-refractivity contribution is 7.99. The molecule has 2 aromatic heterocycles. The highest BCUT2D eigenvalue weighted by Crippen LogP contribution is 2.28. The summed E-state index contributed by atoms with van der Waals surface area (Å²) in [4.78, 5) is 17.2. The van der Waals surface area contributed by atoms with E-state index in [4.69, 9.17) is 0 Å². The zero-order chi connectivity index (χ0) is 24.7. The monoisotopic (exact) mass is 495 g/mol. The van der Waals surface area contributed by atoms with E-state index in [0.717, 1.165) is 22.4 Å². The molecule has 2 heterocycles. The van der Waals surface area contributed by atoms with E-state index in [1.165, 1.54) is 23.9 Å². The summed E-state index contributed by atoms with van der Waals surface area (Å²) in [6.45, 7) is 0. The van der Waals surface area contributed by atoms with E-state index in [-0.39, 0.29) is 23.5 Å². The summed E-state index contributed by atoms with van der Waals surface area (Å²) in [6.07, 6.45) is 3.43. The molecule has 1 amide bonds. The molecule has 5 rings (SSSR count). The molecule has 0 bridgehead atoms. The first-order chi connectivity index (χ1) is 17.7. The molecular formula is C28H22FN5OS. The fraction of sp³-hybridized carbons (Fsp3) is 0.0714. The second-order valence-corrected chi connectivity index (χ2v) is 8.91. The zero-order valence-corrected chi connectivity index (χ0v) is 20.0. The minimum absolute atomic E-state index is 0.142. The van der Waals surface area contributed by atoms with E-state index in [2.05, 4.69) is 20.5 Å². The van der Waals surface area contributed by atoms with Crippen molar-refractivity contribution in [3.05, 3.63) is 126 Å². The van der Waals surface area contributed by atoms with Crippen LogP contribution < -0.4 is 5.32 Å². The maximum Gasteiger partial charge on any atom is 0.231 e. The van der Waals surface area contributed by atoms with Crippen LogP contribution in [0.5, 0.6) is 0 Å². The molecule has 5 aromatic rings. The van der Waals surface area contributed by atoms with Crippen LogP contribution in [0, 0.1) is 5.82 Å². The van der Waals surface area contributed by atoms with E-state index in [9.17, 15) is 9.18 Å². The largest absolute Gasteiger partial charge is 0.344 e. The van der Waals surface area contributed by atoms with Gasteiger partial charge in [-0.1, -0.05) is 60.3 Å². The lowest BCUT2D eigenvalue weighted by Crippen LogP contribution is -2.30. The van der Waals surface area contributed by atoms with Gasteiger partial charge in [-0.15, -0.1) is 10.2 Å². The Kier molecular flexibility index (Phi) is 7.14. The predicted molar refractivity (Wildman–Crippen MR) is 138 cm³/mol. The number of rotatable bonds is 8. The topological polar surface area (TPSA) is 72.7 Å². The standard InChI is InChI=1S/C28H22FN5OS/c29-23-13-11-22(12-14-23)27-32-33-28(34(27)24-9-5-2-6-10-24)36-19-25(35)31-26(20-7-3-1-4-8-20)21-15-17-30-18-16-21/h1-18,26H,19H2,(H,31,35). The maximum absolute atomic E-state index is 13.5. The molecule has 0 radical (unpaired) electrons. The van der Waals surface area contributed by atoms with Crippen LogP contribution in [-0.2, 0) is 4.79 Å². The van der Waals surface area contributed by atoms with Crippen LogP contribution in [0.4, 0.5) is 4.39 Å². The highest BCUT2D eigenvalue weighted by atomic mass is 32.2. The van der Waals surface area contributed by atoms with Crippen molar-refractivity contribution in [3.63, 3.8) is 0 Å². The third-order valence-corrected chi connectivity index (χ3v) is 6.49. The van der Waals surface area contributed by atoms with Crippen molar-refractivity contribution in [2.75, 3.05) is 5.75 Å². The van der Waals surface area contributed by atoms with Crippen molar-refractivity contribution in [2.24, 2.45) is 0 Å². The number of para-hydroxylation sites is 1. The molecule has 0 aliphatic carbocycles. The number of carbonyl (C=O) groups is 1. The third-order valence-electron chi connectivity index (χ3n) is 5.56. The average Bonchev–Trinajstić information content (AvgIpc) is 3.36. The summed E-state index contributed by atoms with van der Waals surface area (Å²) >= 11 is 1.29. The molecule has 3 aromatic carbocycles. The molecule has 1 N–H and O–H groups in total. The van der Waals surface area contributed by atoms with Crippen molar-refractivity contribution < 1.29 is 9.18 Å². The number of carbonyl (C=O) groups excluding carboxylic acids is 1. The molecule has 1 unspecified atom stereocenters. The summed E-state index contributed by atoms with van der Waals surface area (Å²) < 4.78 is 15.4. The summed E-state index contributed by atoms with van der Waals surface area (Å²) in [5, 5.41) is 12.4. The Morgan fingerprint density at radius 3 is 2.17 bits per heavy atom. The summed E-state index contributed by atoms with van der Waals surface area (Å²) in [5.41, 5.74) is 3.50. The smallest absolute Gasteiger partial charge is 0.231 e. The molecule has 1 atom stereocenters. The van der Waals surface area contributed by atoms with Gasteiger partial charge >= 0.3 is 0 Å². The minimum atomic E-state index is -0.321. The number of amides is 1. The third kappa shape index (κ3) is 5.34. The number of hydrogen-bond acceptors (Lipinski definition) is 5. The van der Waals surface area contributed by atoms with Crippen LogP contribution in [-0.4, -0.2) is 31.4 Å². The molecule has 0 spiro atoms. The van der Waals surface area contributed by atoms with Gasteiger partial charge < -0.3 is 5.32 Å². The van der Waals surface area contributed by atoms with Crippen molar-refractivity contribution in [2.45, 2.75) is 11.2 Å². The van der Waals surface area contributed by atoms with Crippen LogP contribution in [0.25, 0.3) is 17.1 Å². The van der Waals surface area contributed by atoms with Crippen molar-refractivity contribution in [1.29, 1.82) is 0 Å². The van der Waals surface area contributed by atoms with Gasteiger partial charge in [-0.25, -0.2) is 4.39 Å². The zero-order valence-electron chi connectivity index (χ0n) is 19.2. The van der Waals surface area contributed by atoms with E-state index >= 15 is 0 Å². The number of hydrogen-bond donors (Lipinski definition) is 1. The number of nitrogens with one attached hydrogen (secondary N) is 1. The van der Waals surface area contributed by atoms with Gasteiger partial charge in [-0.2, -0.15) is 0 Å². The van der Waals surface area contributed by atoms with Crippen LogP contribution >= 0.6 is 11.8 Å².